The van der Waals surface area contributed by atoms with E-state index in [1.54, 1.807) is 18.1 Å². The summed E-state index contributed by atoms with van der Waals surface area (Å²) >= 11 is 0. The third kappa shape index (κ3) is 3.10. The van der Waals surface area contributed by atoms with Gasteiger partial charge in [0.25, 0.3) is 0 Å². The van der Waals surface area contributed by atoms with Crippen molar-refractivity contribution < 1.29 is 4.74 Å². The van der Waals surface area contributed by atoms with Gasteiger partial charge in [0.2, 0.25) is 0 Å². The summed E-state index contributed by atoms with van der Waals surface area (Å²) in [6.07, 6.45) is 1.60. The molecule has 30 heavy (non-hydrogen) atoms. The lowest BCUT2D eigenvalue weighted by Gasteiger charge is -2.37. The molecule has 1 saturated heterocycles. The molecule has 152 valence electrons. The minimum Gasteiger partial charge on any atom is -0.495 e. The van der Waals surface area contributed by atoms with Crippen LogP contribution < -0.4 is 14.5 Å². The number of piperazine rings is 1. The number of rotatable bonds is 4. The van der Waals surface area contributed by atoms with E-state index in [4.69, 9.17) is 4.74 Å². The summed E-state index contributed by atoms with van der Waals surface area (Å²) in [5.41, 5.74) is 4.67. The maximum Gasteiger partial charge on any atom is 0.189 e. The van der Waals surface area contributed by atoms with Gasteiger partial charge in [0, 0.05) is 26.2 Å². The van der Waals surface area contributed by atoms with E-state index in [1.165, 1.54) is 0 Å². The van der Waals surface area contributed by atoms with Gasteiger partial charge in [-0.15, -0.1) is 5.10 Å². The van der Waals surface area contributed by atoms with Gasteiger partial charge < -0.3 is 14.5 Å². The fraction of sp³-hybridized carbons (Fsp3) is 0.273. The van der Waals surface area contributed by atoms with Crippen LogP contribution in [-0.4, -0.2) is 58.3 Å². The maximum atomic E-state index is 5.53. The Morgan fingerprint density at radius 3 is 2.30 bits per heavy atom. The van der Waals surface area contributed by atoms with Crippen molar-refractivity contribution in [1.29, 1.82) is 0 Å². The van der Waals surface area contributed by atoms with Gasteiger partial charge in [-0.25, -0.2) is 9.97 Å². The highest BCUT2D eigenvalue weighted by Crippen LogP contribution is 2.30. The molecule has 1 aliphatic rings. The van der Waals surface area contributed by atoms with Crippen molar-refractivity contribution in [2.45, 2.75) is 6.92 Å². The quantitative estimate of drug-likeness (QED) is 0.521. The summed E-state index contributed by atoms with van der Waals surface area (Å²) in [5.74, 6) is 1.73. The smallest absolute Gasteiger partial charge is 0.189 e. The lowest BCUT2D eigenvalue weighted by molar-refractivity contribution is 0.413. The van der Waals surface area contributed by atoms with Crippen molar-refractivity contribution in [2.24, 2.45) is 0 Å². The molecule has 0 amide bonds. The molecule has 4 aromatic rings. The third-order valence-corrected chi connectivity index (χ3v) is 5.57. The minimum absolute atomic E-state index is 0.724. The van der Waals surface area contributed by atoms with Gasteiger partial charge in [-0.2, -0.15) is 4.68 Å². The molecule has 1 fully saturated rings. The first-order valence-electron chi connectivity index (χ1n) is 10.0. The molecule has 8 nitrogen and oxygen atoms in total. The van der Waals surface area contributed by atoms with Crippen molar-refractivity contribution in [3.05, 3.63) is 60.4 Å². The van der Waals surface area contributed by atoms with E-state index in [2.05, 4.69) is 49.1 Å². The molecule has 2 aromatic carbocycles. The van der Waals surface area contributed by atoms with Crippen molar-refractivity contribution in [1.82, 2.24) is 25.0 Å². The monoisotopic (exact) mass is 401 g/mol. The second-order valence-corrected chi connectivity index (χ2v) is 7.30. The number of benzene rings is 2. The van der Waals surface area contributed by atoms with Crippen molar-refractivity contribution in [3.8, 4) is 11.4 Å². The molecule has 5 rings (SSSR count). The summed E-state index contributed by atoms with van der Waals surface area (Å²) in [6, 6.07) is 16.2. The summed E-state index contributed by atoms with van der Waals surface area (Å²) in [4.78, 5) is 13.6. The fourth-order valence-corrected chi connectivity index (χ4v) is 3.98. The van der Waals surface area contributed by atoms with Crippen LogP contribution in [0, 0.1) is 6.92 Å². The van der Waals surface area contributed by atoms with E-state index in [0.717, 1.165) is 65.8 Å². The Balaban J connectivity index is 1.42. The van der Waals surface area contributed by atoms with Crippen molar-refractivity contribution in [3.63, 3.8) is 0 Å². The molecule has 0 bridgehead atoms. The molecule has 0 saturated carbocycles. The molecule has 0 atom stereocenters. The lowest BCUT2D eigenvalue weighted by atomic mass is 10.2. The van der Waals surface area contributed by atoms with Crippen LogP contribution in [0.15, 0.2) is 54.9 Å². The number of methoxy groups -OCH3 is 1. The number of ether oxygens (including phenoxy) is 1. The van der Waals surface area contributed by atoms with Gasteiger partial charge in [0.15, 0.2) is 17.0 Å². The number of aromatic nitrogens is 5. The Labute approximate surface area is 174 Å². The first-order valence-corrected chi connectivity index (χ1v) is 10.0. The standard InChI is InChI=1S/C22H23N7O/c1-16-7-3-4-8-17(16)29-22-20(25-26-29)21(23-15-24-22)28-13-11-27(12-14-28)18-9-5-6-10-19(18)30-2/h3-10,15H,11-14H2,1-2H3. The van der Waals surface area contributed by atoms with Gasteiger partial charge in [0.05, 0.1) is 18.5 Å². The molecule has 0 spiro atoms. The van der Waals surface area contributed by atoms with Gasteiger partial charge in [0.1, 0.15) is 12.1 Å². The molecule has 2 aromatic heterocycles. The highest BCUT2D eigenvalue weighted by Gasteiger charge is 2.24. The van der Waals surface area contributed by atoms with E-state index >= 15 is 0 Å². The van der Waals surface area contributed by atoms with Crippen LogP contribution >= 0.6 is 0 Å². The zero-order chi connectivity index (χ0) is 20.5. The van der Waals surface area contributed by atoms with Crippen LogP contribution in [-0.2, 0) is 0 Å². The molecule has 1 aliphatic heterocycles. The molecule has 0 radical (unpaired) electrons. The Morgan fingerprint density at radius 1 is 0.833 bits per heavy atom. The van der Waals surface area contributed by atoms with Gasteiger partial charge in [-0.05, 0) is 30.7 Å². The molecule has 3 heterocycles. The molecular formula is C22H23N7O. The van der Waals surface area contributed by atoms with Crippen LogP contribution in [0.1, 0.15) is 5.56 Å². The Kier molecular flexibility index (Phi) is 4.66. The first kappa shape index (κ1) is 18.4. The van der Waals surface area contributed by atoms with Gasteiger partial charge >= 0.3 is 0 Å². The summed E-state index contributed by atoms with van der Waals surface area (Å²) in [7, 11) is 1.71. The largest absolute Gasteiger partial charge is 0.495 e. The number of anilines is 2. The normalized spacial score (nSPS) is 14.3. The van der Waals surface area contributed by atoms with E-state index in [-0.39, 0.29) is 0 Å². The maximum absolute atomic E-state index is 5.53. The predicted octanol–water partition coefficient (Wildman–Crippen LogP) is 2.85. The number of para-hydroxylation sites is 3. The SMILES string of the molecule is COc1ccccc1N1CCN(c2ncnc3c2nnn3-c2ccccc2C)CC1. The molecule has 0 aliphatic carbocycles. The number of hydrogen-bond donors (Lipinski definition) is 0. The topological polar surface area (TPSA) is 72.2 Å². The summed E-state index contributed by atoms with van der Waals surface area (Å²) < 4.78 is 7.32. The van der Waals surface area contributed by atoms with Crippen LogP contribution in [0.4, 0.5) is 11.5 Å². The highest BCUT2D eigenvalue weighted by molar-refractivity contribution is 5.84. The van der Waals surface area contributed by atoms with Gasteiger partial charge in [-0.3, -0.25) is 0 Å². The average Bonchev–Trinajstić information content (AvgIpc) is 3.23. The number of nitrogens with zero attached hydrogens (tertiary/aromatic N) is 7. The van der Waals surface area contributed by atoms with Crippen LogP contribution in [0.2, 0.25) is 0 Å². The first-order chi connectivity index (χ1) is 14.8. The van der Waals surface area contributed by atoms with Crippen LogP contribution in [0.5, 0.6) is 5.75 Å². The molecular weight excluding hydrogens is 378 g/mol. The molecule has 0 unspecified atom stereocenters. The third-order valence-electron chi connectivity index (χ3n) is 5.57. The predicted molar refractivity (Wildman–Crippen MR) is 117 cm³/mol. The Bertz CT molecular complexity index is 1180. The Morgan fingerprint density at radius 2 is 1.53 bits per heavy atom. The van der Waals surface area contributed by atoms with E-state index < -0.39 is 0 Å². The summed E-state index contributed by atoms with van der Waals surface area (Å²) in [6.45, 7) is 5.47. The Hall–Kier alpha value is -3.68. The number of hydrogen-bond acceptors (Lipinski definition) is 7. The highest BCUT2D eigenvalue weighted by atomic mass is 16.5. The average molecular weight is 401 g/mol. The van der Waals surface area contributed by atoms with Crippen molar-refractivity contribution in [2.75, 3.05) is 43.1 Å². The van der Waals surface area contributed by atoms with E-state index in [0.29, 0.717) is 0 Å². The zero-order valence-electron chi connectivity index (χ0n) is 17.1. The summed E-state index contributed by atoms with van der Waals surface area (Å²) in [5, 5.41) is 8.81. The number of fused-ring (bicyclic) bond motifs is 1. The molecule has 0 N–H and O–H groups in total. The van der Waals surface area contributed by atoms with Crippen LogP contribution in [0.3, 0.4) is 0 Å². The second-order valence-electron chi connectivity index (χ2n) is 7.30. The molecule has 8 heteroatoms. The lowest BCUT2D eigenvalue weighted by Crippen LogP contribution is -2.47. The van der Waals surface area contributed by atoms with Gasteiger partial charge in [-0.1, -0.05) is 35.5 Å². The minimum atomic E-state index is 0.724. The van der Waals surface area contributed by atoms with Crippen LogP contribution in [0.25, 0.3) is 16.9 Å². The second kappa shape index (κ2) is 7.62. The number of aryl methyl sites for hydroxylation is 1. The van der Waals surface area contributed by atoms with E-state index in [1.807, 2.05) is 36.4 Å². The zero-order valence-corrected chi connectivity index (χ0v) is 17.1. The van der Waals surface area contributed by atoms with E-state index in [9.17, 15) is 0 Å². The van der Waals surface area contributed by atoms with Crippen molar-refractivity contribution >= 4 is 22.7 Å². The fourth-order valence-electron chi connectivity index (χ4n) is 3.98.